The van der Waals surface area contributed by atoms with Crippen molar-refractivity contribution < 1.29 is 0 Å². The number of para-hydroxylation sites is 1. The fraction of sp³-hybridized carbons (Fsp3) is 0. The summed E-state index contributed by atoms with van der Waals surface area (Å²) in [6.07, 6.45) is 0. The molecule has 0 atom stereocenters. The average Bonchev–Trinajstić information content (AvgIpc) is 1.90. The minimum absolute atomic E-state index is 0.975. The Bertz CT molecular complexity index is 150. The van der Waals surface area contributed by atoms with Gasteiger partial charge in [-0.1, -0.05) is 18.2 Å². The molecule has 0 fully saturated rings. The molecule has 0 spiro atoms. The minimum atomic E-state index is 0.975. The van der Waals surface area contributed by atoms with Crippen molar-refractivity contribution >= 4 is 18.5 Å². The fourth-order valence-corrected chi connectivity index (χ4v) is 0.642. The van der Waals surface area contributed by atoms with E-state index in [0.717, 1.165) is 5.69 Å². The molecule has 1 rings (SSSR count). The largest absolute Gasteiger partial charge is 0.670 e. The standard InChI is InChI=1S/C6H6NS/c8-7-6-4-2-1-3-5-6/h1-5,7H/q-1. The van der Waals surface area contributed by atoms with Gasteiger partial charge in [0.2, 0.25) is 0 Å². The van der Waals surface area contributed by atoms with Crippen molar-refractivity contribution in [3.63, 3.8) is 0 Å². The molecule has 0 saturated carbocycles. The second kappa shape index (κ2) is 2.62. The maximum absolute atomic E-state index is 4.57. The molecule has 2 heteroatoms. The van der Waals surface area contributed by atoms with Gasteiger partial charge < -0.3 is 17.5 Å². The quantitative estimate of drug-likeness (QED) is 0.570. The van der Waals surface area contributed by atoms with Gasteiger partial charge in [-0.3, -0.25) is 0 Å². The van der Waals surface area contributed by atoms with Crippen LogP contribution < -0.4 is 4.72 Å². The molecule has 0 radical (unpaired) electrons. The molecule has 0 heterocycles. The predicted octanol–water partition coefficient (Wildman–Crippen LogP) is 1.56. The van der Waals surface area contributed by atoms with Gasteiger partial charge >= 0.3 is 0 Å². The van der Waals surface area contributed by atoms with E-state index in [4.69, 9.17) is 0 Å². The number of rotatable bonds is 1. The Balaban J connectivity index is 2.83. The lowest BCUT2D eigenvalue weighted by Gasteiger charge is -2.07. The topological polar surface area (TPSA) is 12.0 Å². The van der Waals surface area contributed by atoms with Crippen LogP contribution in [0.2, 0.25) is 0 Å². The summed E-state index contributed by atoms with van der Waals surface area (Å²) in [5.41, 5.74) is 0.975. The van der Waals surface area contributed by atoms with Crippen LogP contribution in [0.4, 0.5) is 5.69 Å². The van der Waals surface area contributed by atoms with E-state index >= 15 is 0 Å². The summed E-state index contributed by atoms with van der Waals surface area (Å²) in [4.78, 5) is 0. The molecule has 0 unspecified atom stereocenters. The third-order valence-corrected chi connectivity index (χ3v) is 1.13. The van der Waals surface area contributed by atoms with Crippen molar-refractivity contribution in [2.75, 3.05) is 4.72 Å². The van der Waals surface area contributed by atoms with E-state index in [0.29, 0.717) is 0 Å². The van der Waals surface area contributed by atoms with E-state index in [1.807, 2.05) is 30.3 Å². The maximum Gasteiger partial charge on any atom is 0.0117 e. The van der Waals surface area contributed by atoms with E-state index < -0.39 is 0 Å². The van der Waals surface area contributed by atoms with Gasteiger partial charge in [0.25, 0.3) is 0 Å². The van der Waals surface area contributed by atoms with E-state index in [2.05, 4.69) is 17.5 Å². The summed E-state index contributed by atoms with van der Waals surface area (Å²) < 4.78 is 2.61. The zero-order chi connectivity index (χ0) is 5.82. The van der Waals surface area contributed by atoms with Gasteiger partial charge in [-0.05, 0) is 12.1 Å². The molecule has 1 aromatic rings. The van der Waals surface area contributed by atoms with Crippen LogP contribution >= 0.6 is 0 Å². The lowest BCUT2D eigenvalue weighted by atomic mass is 10.3. The van der Waals surface area contributed by atoms with Crippen molar-refractivity contribution in [1.82, 2.24) is 0 Å². The molecular formula is C6H6NS-. The van der Waals surface area contributed by atoms with E-state index in [9.17, 15) is 0 Å². The van der Waals surface area contributed by atoms with Gasteiger partial charge in [-0.15, -0.1) is 0 Å². The van der Waals surface area contributed by atoms with Crippen LogP contribution in [-0.2, 0) is 12.8 Å². The van der Waals surface area contributed by atoms with E-state index in [1.165, 1.54) is 0 Å². The summed E-state index contributed by atoms with van der Waals surface area (Å²) in [6, 6.07) is 9.68. The Kier molecular flexibility index (Phi) is 1.80. The van der Waals surface area contributed by atoms with E-state index in [-0.39, 0.29) is 0 Å². The summed E-state index contributed by atoms with van der Waals surface area (Å²) >= 11 is 4.57. The first kappa shape index (κ1) is 5.51. The first-order valence-electron chi connectivity index (χ1n) is 2.36. The number of hydrogen-bond acceptors (Lipinski definition) is 2. The highest BCUT2D eigenvalue weighted by Crippen LogP contribution is 2.01. The Morgan fingerprint density at radius 1 is 1.12 bits per heavy atom. The van der Waals surface area contributed by atoms with Crippen LogP contribution in [0.15, 0.2) is 30.3 Å². The van der Waals surface area contributed by atoms with Crippen molar-refractivity contribution in [2.45, 2.75) is 0 Å². The van der Waals surface area contributed by atoms with Crippen LogP contribution in [0.5, 0.6) is 0 Å². The molecule has 8 heavy (non-hydrogen) atoms. The lowest BCUT2D eigenvalue weighted by molar-refractivity contribution is 1.69. The molecule has 42 valence electrons. The molecule has 0 aromatic heterocycles. The molecule has 0 bridgehead atoms. The average molecular weight is 124 g/mol. The van der Waals surface area contributed by atoms with E-state index in [1.54, 1.807) is 0 Å². The first-order valence-corrected chi connectivity index (χ1v) is 2.77. The van der Waals surface area contributed by atoms with Crippen LogP contribution in [0.1, 0.15) is 0 Å². The molecule has 0 saturated heterocycles. The van der Waals surface area contributed by atoms with Gasteiger partial charge in [0.1, 0.15) is 0 Å². The molecule has 0 aliphatic heterocycles. The maximum atomic E-state index is 4.57. The predicted molar refractivity (Wildman–Crippen MR) is 37.4 cm³/mol. The summed E-state index contributed by atoms with van der Waals surface area (Å²) in [6.45, 7) is 0. The van der Waals surface area contributed by atoms with Crippen LogP contribution in [0.3, 0.4) is 0 Å². The Morgan fingerprint density at radius 3 is 2.12 bits per heavy atom. The van der Waals surface area contributed by atoms with Crippen LogP contribution in [0.25, 0.3) is 0 Å². The SMILES string of the molecule is [S-]Nc1ccccc1. The molecule has 1 N–H and O–H groups in total. The van der Waals surface area contributed by atoms with Crippen molar-refractivity contribution in [2.24, 2.45) is 0 Å². The molecule has 1 nitrogen and oxygen atoms in total. The monoisotopic (exact) mass is 124 g/mol. The Hall–Kier alpha value is -0.630. The van der Waals surface area contributed by atoms with Crippen molar-refractivity contribution in [1.29, 1.82) is 0 Å². The zero-order valence-corrected chi connectivity index (χ0v) is 5.11. The minimum Gasteiger partial charge on any atom is -0.670 e. The fourth-order valence-electron chi connectivity index (χ4n) is 0.506. The number of hydrogen-bond donors (Lipinski definition) is 1. The highest BCUT2D eigenvalue weighted by Gasteiger charge is 1.73. The van der Waals surface area contributed by atoms with Gasteiger partial charge in [0, 0.05) is 5.69 Å². The zero-order valence-electron chi connectivity index (χ0n) is 4.29. The molecule has 0 aliphatic rings. The molecular weight excluding hydrogens is 118 g/mol. The second-order valence-corrected chi connectivity index (χ2v) is 1.67. The summed E-state index contributed by atoms with van der Waals surface area (Å²) in [5.74, 6) is 0. The van der Waals surface area contributed by atoms with Crippen molar-refractivity contribution in [3.8, 4) is 0 Å². The van der Waals surface area contributed by atoms with Gasteiger partial charge in [-0.2, -0.15) is 0 Å². The molecule has 1 aromatic carbocycles. The van der Waals surface area contributed by atoms with Gasteiger partial charge in [-0.25, -0.2) is 0 Å². The highest BCUT2D eigenvalue weighted by atomic mass is 32.1. The molecule has 0 amide bonds. The van der Waals surface area contributed by atoms with Gasteiger partial charge in [0.05, 0.1) is 0 Å². The third kappa shape index (κ3) is 1.17. The smallest absolute Gasteiger partial charge is 0.0117 e. The summed E-state index contributed by atoms with van der Waals surface area (Å²) in [7, 11) is 0. The lowest BCUT2D eigenvalue weighted by Crippen LogP contribution is -1.81. The number of benzene rings is 1. The van der Waals surface area contributed by atoms with Crippen LogP contribution in [0, 0.1) is 0 Å². The van der Waals surface area contributed by atoms with Gasteiger partial charge in [0.15, 0.2) is 0 Å². The highest BCUT2D eigenvalue weighted by molar-refractivity contribution is 7.60. The van der Waals surface area contributed by atoms with Crippen LogP contribution in [-0.4, -0.2) is 0 Å². The Labute approximate surface area is 54.3 Å². The molecule has 0 aliphatic carbocycles. The number of nitrogens with one attached hydrogen (secondary N) is 1. The second-order valence-electron chi connectivity index (χ2n) is 1.47. The summed E-state index contributed by atoms with van der Waals surface area (Å²) in [5, 5.41) is 0. The first-order chi connectivity index (χ1) is 3.93. The normalized spacial score (nSPS) is 8.62. The third-order valence-electron chi connectivity index (χ3n) is 0.892. The number of anilines is 1. The van der Waals surface area contributed by atoms with Crippen molar-refractivity contribution in [3.05, 3.63) is 30.3 Å². The Morgan fingerprint density at radius 2 is 1.75 bits per heavy atom.